The number of rotatable bonds is 7. The van der Waals surface area contributed by atoms with Gasteiger partial charge in [0.1, 0.15) is 5.82 Å². The molecule has 0 aromatic heterocycles. The predicted octanol–water partition coefficient (Wildman–Crippen LogP) is 6.33. The van der Waals surface area contributed by atoms with Gasteiger partial charge >= 0.3 is 0 Å². The molecule has 3 atom stereocenters. The maximum absolute atomic E-state index is 13.7. The summed E-state index contributed by atoms with van der Waals surface area (Å²) in [5.74, 6) is -0.185. The zero-order chi connectivity index (χ0) is 20.3. The number of nitrogens with zero attached hydrogens (tertiary/aromatic N) is 1. The minimum Gasteiger partial charge on any atom is -0.386 e. The first-order valence-electron chi connectivity index (χ1n) is 10.1. The van der Waals surface area contributed by atoms with Crippen LogP contribution in [0, 0.1) is 5.82 Å². The van der Waals surface area contributed by atoms with Crippen molar-refractivity contribution in [2.45, 2.75) is 57.0 Å². The summed E-state index contributed by atoms with van der Waals surface area (Å²) in [5, 5.41) is 3.71. The van der Waals surface area contributed by atoms with Gasteiger partial charge in [-0.05, 0) is 55.4 Å². The van der Waals surface area contributed by atoms with Crippen LogP contribution in [0.1, 0.15) is 50.5 Å². The van der Waals surface area contributed by atoms with Crippen molar-refractivity contribution in [2.75, 3.05) is 7.05 Å². The van der Waals surface area contributed by atoms with Crippen LogP contribution in [-0.4, -0.2) is 24.0 Å². The maximum Gasteiger partial charge on any atom is 0.142 e. The van der Waals surface area contributed by atoms with Crippen LogP contribution >= 0.6 is 11.6 Å². The van der Waals surface area contributed by atoms with E-state index in [9.17, 15) is 4.39 Å². The molecule has 0 radical (unpaired) electrons. The van der Waals surface area contributed by atoms with Gasteiger partial charge in [-0.3, -0.25) is 0 Å². The van der Waals surface area contributed by atoms with E-state index in [-0.39, 0.29) is 16.8 Å². The Kier molecular flexibility index (Phi) is 6.66. The lowest BCUT2D eigenvalue weighted by molar-refractivity contribution is 0.310. The van der Waals surface area contributed by atoms with Gasteiger partial charge in [-0.1, -0.05) is 56.0 Å². The van der Waals surface area contributed by atoms with Crippen molar-refractivity contribution in [3.8, 4) is 0 Å². The van der Waals surface area contributed by atoms with E-state index in [0.29, 0.717) is 12.1 Å². The number of halogens is 2. The molecule has 0 amide bonds. The second-order valence-corrected chi connectivity index (χ2v) is 8.26. The molecule has 2 aliphatic rings. The molecule has 4 heteroatoms. The molecule has 1 N–H and O–H groups in total. The average molecular weight is 401 g/mol. The molecule has 1 saturated carbocycles. The van der Waals surface area contributed by atoms with Crippen molar-refractivity contribution in [3.63, 3.8) is 0 Å². The van der Waals surface area contributed by atoms with E-state index in [2.05, 4.69) is 55.6 Å². The molecule has 0 bridgehead atoms. The van der Waals surface area contributed by atoms with E-state index >= 15 is 0 Å². The second-order valence-electron chi connectivity index (χ2n) is 7.86. The van der Waals surface area contributed by atoms with Crippen LogP contribution in [0.5, 0.6) is 0 Å². The highest BCUT2D eigenvalue weighted by Gasteiger charge is 2.29. The number of likely N-dealkylation sites (N-methyl/N-ethyl adjacent to an activating group) is 1. The lowest BCUT2D eigenvalue weighted by atomic mass is 9.89. The molecule has 0 heterocycles. The van der Waals surface area contributed by atoms with Gasteiger partial charge < -0.3 is 10.2 Å². The summed E-state index contributed by atoms with van der Waals surface area (Å²) in [6, 6.07) is 6.06. The average Bonchev–Trinajstić information content (AvgIpc) is 3.17. The van der Waals surface area contributed by atoms with Gasteiger partial charge in [0.15, 0.2) is 0 Å². The van der Waals surface area contributed by atoms with Crippen molar-refractivity contribution < 1.29 is 4.39 Å². The Morgan fingerprint density at radius 2 is 2.11 bits per heavy atom. The van der Waals surface area contributed by atoms with Crippen molar-refractivity contribution in [2.24, 2.45) is 0 Å². The summed E-state index contributed by atoms with van der Waals surface area (Å²) in [7, 11) is 2.14. The zero-order valence-corrected chi connectivity index (χ0v) is 17.6. The van der Waals surface area contributed by atoms with Gasteiger partial charge in [0, 0.05) is 36.4 Å². The van der Waals surface area contributed by atoms with E-state index in [1.807, 2.05) is 6.07 Å². The standard InChI is InChI=1S/C24H30ClFN2/c1-5-16(2)27-21-11-12-22(15-21)28(4)17(3)18-6-8-19(9-7-18)20-10-13-23(25)24(26)14-20/h6-8,10,13-14,19,21-22,27H,2-3,5,9,11-12,15H2,1,4H3. The second kappa shape index (κ2) is 9.00. The molecule has 3 rings (SSSR count). The van der Waals surface area contributed by atoms with Gasteiger partial charge in [-0.2, -0.15) is 0 Å². The van der Waals surface area contributed by atoms with Gasteiger partial charge in [0.05, 0.1) is 5.02 Å². The van der Waals surface area contributed by atoms with Crippen LogP contribution < -0.4 is 5.32 Å². The predicted molar refractivity (Wildman–Crippen MR) is 117 cm³/mol. The summed E-state index contributed by atoms with van der Waals surface area (Å²) in [6.45, 7) is 10.5. The summed E-state index contributed by atoms with van der Waals surface area (Å²) >= 11 is 5.80. The fraction of sp³-hybridized carbons (Fsp3) is 0.417. The summed E-state index contributed by atoms with van der Waals surface area (Å²) in [4.78, 5) is 2.31. The molecule has 0 aliphatic heterocycles. The summed E-state index contributed by atoms with van der Waals surface area (Å²) in [5.41, 5.74) is 4.28. The third-order valence-corrected chi connectivity index (χ3v) is 6.32. The van der Waals surface area contributed by atoms with Gasteiger partial charge in [0.25, 0.3) is 0 Å². The van der Waals surface area contributed by atoms with Crippen molar-refractivity contribution in [1.29, 1.82) is 0 Å². The van der Waals surface area contributed by atoms with Crippen LogP contribution in [0.3, 0.4) is 0 Å². The first-order chi connectivity index (χ1) is 13.4. The molecule has 2 aliphatic carbocycles. The van der Waals surface area contributed by atoms with Crippen molar-refractivity contribution in [3.05, 3.63) is 83.0 Å². The molecular weight excluding hydrogens is 371 g/mol. The van der Waals surface area contributed by atoms with E-state index in [1.54, 1.807) is 6.07 Å². The third kappa shape index (κ3) is 4.70. The Hall–Kier alpha value is -2.00. The van der Waals surface area contributed by atoms with Gasteiger partial charge in [0.2, 0.25) is 0 Å². The lowest BCUT2D eigenvalue weighted by Gasteiger charge is -2.30. The number of nitrogens with one attached hydrogen (secondary N) is 1. The topological polar surface area (TPSA) is 15.3 Å². The van der Waals surface area contributed by atoms with Gasteiger partial charge in [-0.25, -0.2) is 4.39 Å². The van der Waals surface area contributed by atoms with E-state index in [1.165, 1.54) is 12.5 Å². The van der Waals surface area contributed by atoms with E-state index < -0.39 is 0 Å². The van der Waals surface area contributed by atoms with Crippen LogP contribution in [0.2, 0.25) is 5.02 Å². The van der Waals surface area contributed by atoms with E-state index in [4.69, 9.17) is 11.6 Å². The highest BCUT2D eigenvalue weighted by Crippen LogP contribution is 2.33. The Morgan fingerprint density at radius 3 is 2.75 bits per heavy atom. The molecule has 3 unspecified atom stereocenters. The summed E-state index contributed by atoms with van der Waals surface area (Å²) < 4.78 is 13.7. The van der Waals surface area contributed by atoms with Crippen LogP contribution in [-0.2, 0) is 0 Å². The molecular formula is C24H30ClFN2. The molecule has 1 aromatic rings. The van der Waals surface area contributed by atoms with Crippen molar-refractivity contribution >= 4 is 11.6 Å². The largest absolute Gasteiger partial charge is 0.386 e. The van der Waals surface area contributed by atoms with Gasteiger partial charge in [-0.15, -0.1) is 0 Å². The molecule has 1 fully saturated rings. The quantitative estimate of drug-likeness (QED) is 0.575. The Bertz CT molecular complexity index is 811. The SMILES string of the molecule is C=C(CC)NC1CCC(N(C)C(=C)C2=CCC(c3ccc(Cl)c(F)c3)C=C2)C1. The normalized spacial score (nSPS) is 24.0. The zero-order valence-electron chi connectivity index (χ0n) is 16.8. The number of benzene rings is 1. The Balaban J connectivity index is 1.58. The Morgan fingerprint density at radius 1 is 1.32 bits per heavy atom. The maximum atomic E-state index is 13.7. The van der Waals surface area contributed by atoms with Crippen molar-refractivity contribution in [1.82, 2.24) is 10.2 Å². The highest BCUT2D eigenvalue weighted by molar-refractivity contribution is 6.30. The first kappa shape index (κ1) is 20.7. The minimum absolute atomic E-state index is 0.168. The summed E-state index contributed by atoms with van der Waals surface area (Å²) in [6.07, 6.45) is 11.7. The molecule has 0 spiro atoms. The molecule has 2 nitrogen and oxygen atoms in total. The molecule has 28 heavy (non-hydrogen) atoms. The fourth-order valence-electron chi connectivity index (χ4n) is 4.08. The first-order valence-corrected chi connectivity index (χ1v) is 10.5. The smallest absolute Gasteiger partial charge is 0.142 e. The van der Waals surface area contributed by atoms with E-state index in [0.717, 1.165) is 48.2 Å². The number of hydrogen-bond acceptors (Lipinski definition) is 2. The molecule has 1 aromatic carbocycles. The molecule has 150 valence electrons. The number of allylic oxidation sites excluding steroid dienone is 4. The lowest BCUT2D eigenvalue weighted by Crippen LogP contribution is -2.32. The van der Waals surface area contributed by atoms with Crippen LogP contribution in [0.4, 0.5) is 4.39 Å². The van der Waals surface area contributed by atoms with Crippen LogP contribution in [0.15, 0.2) is 66.6 Å². The fourth-order valence-corrected chi connectivity index (χ4v) is 4.20. The highest BCUT2D eigenvalue weighted by atomic mass is 35.5. The minimum atomic E-state index is -0.360. The third-order valence-electron chi connectivity index (χ3n) is 6.02. The monoisotopic (exact) mass is 400 g/mol. The molecule has 0 saturated heterocycles. The number of hydrogen-bond donors (Lipinski definition) is 1. The van der Waals surface area contributed by atoms with Crippen LogP contribution in [0.25, 0.3) is 0 Å². The Labute approximate surface area is 173 Å².